The van der Waals surface area contributed by atoms with Gasteiger partial charge in [0, 0.05) is 23.7 Å². The van der Waals surface area contributed by atoms with Crippen molar-refractivity contribution in [1.29, 1.82) is 0 Å². The minimum atomic E-state index is -1.04. The van der Waals surface area contributed by atoms with Crippen molar-refractivity contribution in [2.45, 2.75) is 19.4 Å². The van der Waals surface area contributed by atoms with Gasteiger partial charge in [0.15, 0.2) is 17.6 Å². The molecule has 9 heteroatoms. The number of anilines is 1. The fraction of sp³-hybridized carbons (Fsp3) is 0.227. The molecule has 2 aromatic carbocycles. The molecule has 0 fully saturated rings. The molecule has 0 radical (unpaired) electrons. The van der Waals surface area contributed by atoms with E-state index in [0.29, 0.717) is 46.5 Å². The Morgan fingerprint density at radius 1 is 1.16 bits per heavy atom. The van der Waals surface area contributed by atoms with Gasteiger partial charge in [-0.2, -0.15) is 0 Å². The molecule has 1 aliphatic heterocycles. The number of fused-ring (bicyclic) bond motifs is 1. The Hall–Kier alpha value is -3.52. The van der Waals surface area contributed by atoms with E-state index in [9.17, 15) is 14.4 Å². The first-order valence-electron chi connectivity index (χ1n) is 9.52. The summed E-state index contributed by atoms with van der Waals surface area (Å²) in [5.41, 5.74) is 6.56. The van der Waals surface area contributed by atoms with Gasteiger partial charge in [0.2, 0.25) is 5.91 Å². The molecule has 2 amide bonds. The normalized spacial score (nSPS) is 13.9. The van der Waals surface area contributed by atoms with Crippen LogP contribution in [0, 0.1) is 0 Å². The fourth-order valence-corrected chi connectivity index (χ4v) is 3.01. The number of primary amides is 1. The maximum atomic E-state index is 12.2. The lowest BCUT2D eigenvalue weighted by Gasteiger charge is -2.12. The molecule has 8 nitrogen and oxygen atoms in total. The quantitative estimate of drug-likeness (QED) is 0.522. The van der Waals surface area contributed by atoms with E-state index in [1.54, 1.807) is 12.1 Å². The van der Waals surface area contributed by atoms with E-state index in [1.807, 2.05) is 0 Å². The van der Waals surface area contributed by atoms with E-state index in [4.69, 9.17) is 31.5 Å². The lowest BCUT2D eigenvalue weighted by molar-refractivity contribution is -0.148. The van der Waals surface area contributed by atoms with Crippen LogP contribution in [-0.4, -0.2) is 37.1 Å². The van der Waals surface area contributed by atoms with Crippen LogP contribution in [0.2, 0.25) is 5.02 Å². The summed E-state index contributed by atoms with van der Waals surface area (Å²) in [6, 6.07) is 9.38. The standard InChI is InChI=1S/C22H21ClN2O6/c1-13(22(28)25-16-6-4-15(5-7-16)21(24)27)31-19(26)8-3-14-11-17(23)20-18(12-14)29-9-2-10-30-20/h3-8,11-13H,2,9-10H2,1H3,(H2,24,27)(H,25,28)/b8-3+. The monoisotopic (exact) mass is 444 g/mol. The third-order valence-electron chi connectivity index (χ3n) is 4.34. The molecule has 1 unspecified atom stereocenters. The van der Waals surface area contributed by atoms with Gasteiger partial charge in [0.05, 0.1) is 18.2 Å². The van der Waals surface area contributed by atoms with Crippen LogP contribution in [0.25, 0.3) is 6.08 Å². The van der Waals surface area contributed by atoms with Crippen LogP contribution < -0.4 is 20.5 Å². The molecule has 0 bridgehead atoms. The summed E-state index contributed by atoms with van der Waals surface area (Å²) >= 11 is 6.23. The molecule has 2 aromatic rings. The number of carbonyl (C=O) groups excluding carboxylic acids is 3. The molecule has 0 aromatic heterocycles. The fourth-order valence-electron chi connectivity index (χ4n) is 2.74. The highest BCUT2D eigenvalue weighted by atomic mass is 35.5. The van der Waals surface area contributed by atoms with Crippen LogP contribution in [0.1, 0.15) is 29.3 Å². The third-order valence-corrected chi connectivity index (χ3v) is 4.62. The topological polar surface area (TPSA) is 117 Å². The molecule has 3 N–H and O–H groups in total. The molecule has 162 valence electrons. The molecule has 0 saturated carbocycles. The number of carbonyl (C=O) groups is 3. The average Bonchev–Trinajstić information content (AvgIpc) is 2.98. The van der Waals surface area contributed by atoms with Crippen LogP contribution in [0.5, 0.6) is 11.5 Å². The molecule has 3 rings (SSSR count). The highest BCUT2D eigenvalue weighted by molar-refractivity contribution is 6.32. The first kappa shape index (κ1) is 22.2. The zero-order chi connectivity index (χ0) is 22.4. The minimum absolute atomic E-state index is 0.317. The summed E-state index contributed by atoms with van der Waals surface area (Å²) in [4.78, 5) is 35.4. The van der Waals surface area contributed by atoms with Crippen LogP contribution >= 0.6 is 11.6 Å². The van der Waals surface area contributed by atoms with Crippen molar-refractivity contribution in [2.75, 3.05) is 18.5 Å². The van der Waals surface area contributed by atoms with Crippen LogP contribution in [0.3, 0.4) is 0 Å². The molecule has 0 spiro atoms. The van der Waals surface area contributed by atoms with Gasteiger partial charge in [-0.3, -0.25) is 9.59 Å². The molecule has 1 atom stereocenters. The number of halogens is 1. The van der Waals surface area contributed by atoms with Crippen molar-refractivity contribution in [2.24, 2.45) is 5.73 Å². The minimum Gasteiger partial charge on any atom is -0.489 e. The van der Waals surface area contributed by atoms with Gasteiger partial charge in [-0.25, -0.2) is 4.79 Å². The highest BCUT2D eigenvalue weighted by Gasteiger charge is 2.18. The number of ether oxygens (including phenoxy) is 3. The van der Waals surface area contributed by atoms with Crippen molar-refractivity contribution in [3.05, 3.63) is 58.6 Å². The molecular formula is C22H21ClN2O6. The number of amides is 2. The summed E-state index contributed by atoms with van der Waals surface area (Å²) in [6.45, 7) is 2.48. The highest BCUT2D eigenvalue weighted by Crippen LogP contribution is 2.38. The van der Waals surface area contributed by atoms with Crippen molar-refractivity contribution in [1.82, 2.24) is 0 Å². The summed E-state index contributed by atoms with van der Waals surface area (Å²) in [5.74, 6) is -0.801. The second-order valence-corrected chi connectivity index (χ2v) is 7.13. The lowest BCUT2D eigenvalue weighted by Crippen LogP contribution is -2.29. The van der Waals surface area contributed by atoms with Gasteiger partial charge in [0.1, 0.15) is 0 Å². The number of hydrogen-bond donors (Lipinski definition) is 2. The SMILES string of the molecule is CC(OC(=O)/C=C/c1cc(Cl)c2c(c1)OCCCO2)C(=O)Nc1ccc(C(N)=O)cc1. The van der Waals surface area contributed by atoms with Gasteiger partial charge >= 0.3 is 5.97 Å². The zero-order valence-corrected chi connectivity index (χ0v) is 17.5. The first-order chi connectivity index (χ1) is 14.8. The molecule has 1 aliphatic rings. The summed E-state index contributed by atoms with van der Waals surface area (Å²) in [5, 5.41) is 2.97. The van der Waals surface area contributed by atoms with E-state index in [0.717, 1.165) is 6.42 Å². The van der Waals surface area contributed by atoms with Crippen LogP contribution in [-0.2, 0) is 14.3 Å². The van der Waals surface area contributed by atoms with Crippen molar-refractivity contribution in [3.8, 4) is 11.5 Å². The number of rotatable bonds is 6. The Bertz CT molecular complexity index is 1020. The van der Waals surface area contributed by atoms with Gasteiger partial charge in [0.25, 0.3) is 5.91 Å². The van der Waals surface area contributed by atoms with E-state index in [2.05, 4.69) is 5.32 Å². The smallest absolute Gasteiger partial charge is 0.331 e. The zero-order valence-electron chi connectivity index (χ0n) is 16.7. The van der Waals surface area contributed by atoms with Crippen LogP contribution in [0.4, 0.5) is 5.69 Å². The van der Waals surface area contributed by atoms with Gasteiger partial charge in [-0.1, -0.05) is 11.6 Å². The van der Waals surface area contributed by atoms with Crippen molar-refractivity contribution in [3.63, 3.8) is 0 Å². The number of benzene rings is 2. The average molecular weight is 445 g/mol. The Morgan fingerprint density at radius 2 is 1.87 bits per heavy atom. The third kappa shape index (κ3) is 5.99. The Balaban J connectivity index is 1.57. The predicted octanol–water partition coefficient (Wildman–Crippen LogP) is 3.18. The molecule has 1 heterocycles. The molecule has 0 aliphatic carbocycles. The molecular weight excluding hydrogens is 424 g/mol. The Labute approximate surface area is 183 Å². The lowest BCUT2D eigenvalue weighted by atomic mass is 10.2. The van der Waals surface area contributed by atoms with E-state index < -0.39 is 23.9 Å². The van der Waals surface area contributed by atoms with E-state index >= 15 is 0 Å². The maximum Gasteiger partial charge on any atom is 0.331 e. The van der Waals surface area contributed by atoms with Gasteiger partial charge < -0.3 is 25.3 Å². The van der Waals surface area contributed by atoms with E-state index in [-0.39, 0.29) is 0 Å². The van der Waals surface area contributed by atoms with Crippen molar-refractivity contribution >= 4 is 41.1 Å². The van der Waals surface area contributed by atoms with Crippen molar-refractivity contribution < 1.29 is 28.6 Å². The maximum absolute atomic E-state index is 12.2. The summed E-state index contributed by atoms with van der Waals surface area (Å²) < 4.78 is 16.3. The second-order valence-electron chi connectivity index (χ2n) is 6.72. The predicted molar refractivity (Wildman–Crippen MR) is 115 cm³/mol. The number of nitrogens with two attached hydrogens (primary N) is 1. The number of nitrogens with one attached hydrogen (secondary N) is 1. The van der Waals surface area contributed by atoms with Gasteiger partial charge in [-0.15, -0.1) is 0 Å². The second kappa shape index (κ2) is 9.99. The molecule has 31 heavy (non-hydrogen) atoms. The van der Waals surface area contributed by atoms with Gasteiger partial charge in [-0.05, 0) is 55.0 Å². The Kier molecular flexibility index (Phi) is 7.15. The largest absolute Gasteiger partial charge is 0.489 e. The van der Waals surface area contributed by atoms with Crippen LogP contribution in [0.15, 0.2) is 42.5 Å². The van der Waals surface area contributed by atoms with E-state index in [1.165, 1.54) is 43.3 Å². The summed E-state index contributed by atoms with van der Waals surface area (Å²) in [6.07, 6.45) is 2.41. The number of hydrogen-bond acceptors (Lipinski definition) is 6. The first-order valence-corrected chi connectivity index (χ1v) is 9.90. The summed E-state index contributed by atoms with van der Waals surface area (Å²) in [7, 11) is 0. The number of esters is 1. The Morgan fingerprint density at radius 3 is 2.58 bits per heavy atom. The molecule has 0 saturated heterocycles.